The van der Waals surface area contributed by atoms with Crippen LogP contribution in [0.2, 0.25) is 0 Å². The molecule has 0 spiro atoms. The van der Waals surface area contributed by atoms with Gasteiger partial charge >= 0.3 is 0 Å². The van der Waals surface area contributed by atoms with Gasteiger partial charge in [0.2, 0.25) is 0 Å². The monoisotopic (exact) mass is 271 g/mol. The number of benzene rings is 1. The van der Waals surface area contributed by atoms with Gasteiger partial charge in [0.15, 0.2) is 0 Å². The van der Waals surface area contributed by atoms with Crippen LogP contribution < -0.4 is 4.74 Å². The van der Waals surface area contributed by atoms with E-state index >= 15 is 0 Å². The number of aliphatic imine (C=N–C) groups is 1. The summed E-state index contributed by atoms with van der Waals surface area (Å²) in [6.07, 6.45) is 5.04. The molecule has 0 atom stereocenters. The molecule has 0 saturated carbocycles. The maximum Gasteiger partial charge on any atom is 0.128 e. The first-order chi connectivity index (χ1) is 9.69. The lowest BCUT2D eigenvalue weighted by molar-refractivity contribution is 0.414. The lowest BCUT2D eigenvalue weighted by Gasteiger charge is -2.09. The van der Waals surface area contributed by atoms with Crippen LogP contribution in [0.25, 0.3) is 11.3 Å². The molecule has 0 amide bonds. The summed E-state index contributed by atoms with van der Waals surface area (Å²) in [5.41, 5.74) is 4.01. The van der Waals surface area contributed by atoms with Gasteiger partial charge in [-0.25, -0.2) is 4.98 Å². The van der Waals surface area contributed by atoms with E-state index in [1.165, 1.54) is 0 Å². The zero-order valence-corrected chi connectivity index (χ0v) is 12.6. The maximum absolute atomic E-state index is 5.47. The van der Waals surface area contributed by atoms with Gasteiger partial charge < -0.3 is 9.30 Å². The highest BCUT2D eigenvalue weighted by Crippen LogP contribution is 2.26. The predicted molar refractivity (Wildman–Crippen MR) is 82.6 cm³/mol. The van der Waals surface area contributed by atoms with Gasteiger partial charge in [0.05, 0.1) is 19.1 Å². The summed E-state index contributed by atoms with van der Waals surface area (Å²) in [5, 5.41) is 0. The molecule has 4 heteroatoms. The van der Waals surface area contributed by atoms with Gasteiger partial charge in [-0.1, -0.05) is 13.0 Å². The fraction of sp³-hybridized carbons (Fsp3) is 0.375. The summed E-state index contributed by atoms with van der Waals surface area (Å²) >= 11 is 0. The molecule has 0 radical (unpaired) electrons. The van der Waals surface area contributed by atoms with Crippen molar-refractivity contribution in [3.8, 4) is 17.0 Å². The van der Waals surface area contributed by atoms with Gasteiger partial charge in [0, 0.05) is 36.6 Å². The van der Waals surface area contributed by atoms with Gasteiger partial charge in [0.1, 0.15) is 5.75 Å². The highest BCUT2D eigenvalue weighted by Gasteiger charge is 2.09. The third-order valence-corrected chi connectivity index (χ3v) is 3.34. The molecule has 0 unspecified atom stereocenters. The van der Waals surface area contributed by atoms with E-state index in [0.29, 0.717) is 0 Å². The Balaban J connectivity index is 2.37. The van der Waals surface area contributed by atoms with Crippen molar-refractivity contribution in [3.63, 3.8) is 0 Å². The Morgan fingerprint density at radius 1 is 1.40 bits per heavy atom. The van der Waals surface area contributed by atoms with E-state index in [1.807, 2.05) is 25.4 Å². The van der Waals surface area contributed by atoms with Crippen molar-refractivity contribution in [2.75, 3.05) is 14.2 Å². The first-order valence-corrected chi connectivity index (χ1v) is 6.83. The molecule has 0 saturated heterocycles. The highest BCUT2D eigenvalue weighted by atomic mass is 16.5. The molecule has 4 nitrogen and oxygen atoms in total. The number of hydrogen-bond donors (Lipinski definition) is 0. The number of imidazole rings is 1. The number of rotatable bonds is 5. The van der Waals surface area contributed by atoms with Crippen LogP contribution in [-0.2, 0) is 6.54 Å². The molecule has 2 aromatic rings. The Labute approximate surface area is 120 Å². The number of methoxy groups -OCH3 is 1. The Morgan fingerprint density at radius 3 is 2.85 bits per heavy atom. The smallest absolute Gasteiger partial charge is 0.128 e. The largest absolute Gasteiger partial charge is 0.496 e. The van der Waals surface area contributed by atoms with Gasteiger partial charge in [-0.05, 0) is 25.5 Å². The van der Waals surface area contributed by atoms with Crippen LogP contribution in [0, 0.1) is 0 Å². The van der Waals surface area contributed by atoms with E-state index in [4.69, 9.17) is 4.74 Å². The molecule has 0 N–H and O–H groups in total. The maximum atomic E-state index is 5.47. The van der Waals surface area contributed by atoms with Crippen LogP contribution in [0.4, 0.5) is 0 Å². The van der Waals surface area contributed by atoms with Crippen molar-refractivity contribution in [2.45, 2.75) is 26.8 Å². The first-order valence-electron chi connectivity index (χ1n) is 6.83. The summed E-state index contributed by atoms with van der Waals surface area (Å²) in [7, 11) is 3.47. The normalized spacial score (nSPS) is 11.7. The summed E-state index contributed by atoms with van der Waals surface area (Å²) in [6, 6.07) is 6.11. The SMILES string of the molecule is CCCn1cnc(-c2ccc(C(C)=NC)c(OC)c2)c1. The fourth-order valence-corrected chi connectivity index (χ4v) is 2.16. The van der Waals surface area contributed by atoms with Crippen LogP contribution in [0.1, 0.15) is 25.8 Å². The van der Waals surface area contributed by atoms with E-state index in [-0.39, 0.29) is 0 Å². The number of nitrogens with zero attached hydrogens (tertiary/aromatic N) is 3. The number of hydrogen-bond acceptors (Lipinski definition) is 3. The van der Waals surface area contributed by atoms with Crippen LogP contribution >= 0.6 is 0 Å². The standard InChI is InChI=1S/C16H21N3O/c1-5-8-19-10-15(18-11-19)13-6-7-14(12(2)17-3)16(9-13)20-4/h6-7,9-11H,5,8H2,1-4H3. The summed E-state index contributed by atoms with van der Waals surface area (Å²) in [6.45, 7) is 5.13. The van der Waals surface area contributed by atoms with Gasteiger partial charge in [-0.15, -0.1) is 0 Å². The summed E-state index contributed by atoms with van der Waals surface area (Å²) < 4.78 is 7.57. The van der Waals surface area contributed by atoms with E-state index in [1.54, 1.807) is 14.2 Å². The second kappa shape index (κ2) is 6.37. The van der Waals surface area contributed by atoms with Gasteiger partial charge in [-0.2, -0.15) is 0 Å². The van der Waals surface area contributed by atoms with Crippen LogP contribution in [0.3, 0.4) is 0 Å². The first kappa shape index (κ1) is 14.3. The second-order valence-corrected chi connectivity index (χ2v) is 4.72. The third kappa shape index (κ3) is 2.90. The minimum absolute atomic E-state index is 0.829. The average Bonchev–Trinajstić information content (AvgIpc) is 2.94. The zero-order valence-electron chi connectivity index (χ0n) is 12.6. The van der Waals surface area contributed by atoms with Crippen molar-refractivity contribution in [3.05, 3.63) is 36.3 Å². The van der Waals surface area contributed by atoms with Crippen molar-refractivity contribution < 1.29 is 4.74 Å². The number of aromatic nitrogens is 2. The zero-order chi connectivity index (χ0) is 14.5. The highest BCUT2D eigenvalue weighted by molar-refractivity contribution is 6.01. The quantitative estimate of drug-likeness (QED) is 0.782. The van der Waals surface area contributed by atoms with Crippen molar-refractivity contribution >= 4 is 5.71 Å². The Morgan fingerprint density at radius 2 is 2.20 bits per heavy atom. The molecule has 20 heavy (non-hydrogen) atoms. The molecule has 0 bridgehead atoms. The van der Waals surface area contributed by atoms with E-state index < -0.39 is 0 Å². The molecule has 0 aliphatic heterocycles. The molecule has 1 heterocycles. The Bertz CT molecular complexity index is 614. The molecular weight excluding hydrogens is 250 g/mol. The Hall–Kier alpha value is -2.10. The fourth-order valence-electron chi connectivity index (χ4n) is 2.16. The molecule has 1 aromatic carbocycles. The van der Waals surface area contributed by atoms with Crippen LogP contribution in [0.15, 0.2) is 35.7 Å². The average molecular weight is 271 g/mol. The lowest BCUT2D eigenvalue weighted by Crippen LogP contribution is -1.99. The van der Waals surface area contributed by atoms with Gasteiger partial charge in [-0.3, -0.25) is 4.99 Å². The minimum Gasteiger partial charge on any atom is -0.496 e. The minimum atomic E-state index is 0.829. The van der Waals surface area contributed by atoms with Crippen molar-refractivity contribution in [1.82, 2.24) is 9.55 Å². The van der Waals surface area contributed by atoms with Crippen LogP contribution in [-0.4, -0.2) is 29.4 Å². The summed E-state index contributed by atoms with van der Waals surface area (Å²) in [5.74, 6) is 0.829. The molecule has 106 valence electrons. The molecule has 0 fully saturated rings. The lowest BCUT2D eigenvalue weighted by atomic mass is 10.1. The van der Waals surface area contributed by atoms with E-state index in [9.17, 15) is 0 Å². The summed E-state index contributed by atoms with van der Waals surface area (Å²) in [4.78, 5) is 8.67. The second-order valence-electron chi connectivity index (χ2n) is 4.72. The molecule has 1 aromatic heterocycles. The molecular formula is C16H21N3O. The number of ether oxygens (including phenoxy) is 1. The van der Waals surface area contributed by atoms with E-state index in [2.05, 4.69) is 33.7 Å². The molecule has 0 aliphatic rings. The molecule has 2 rings (SSSR count). The van der Waals surface area contributed by atoms with Crippen molar-refractivity contribution in [1.29, 1.82) is 0 Å². The van der Waals surface area contributed by atoms with E-state index in [0.717, 1.165) is 41.2 Å². The van der Waals surface area contributed by atoms with Crippen molar-refractivity contribution in [2.24, 2.45) is 4.99 Å². The molecule has 0 aliphatic carbocycles. The Kier molecular flexibility index (Phi) is 4.56. The van der Waals surface area contributed by atoms with Crippen LogP contribution in [0.5, 0.6) is 5.75 Å². The topological polar surface area (TPSA) is 39.4 Å². The predicted octanol–water partition coefficient (Wildman–Crippen LogP) is 3.41. The number of aryl methyl sites for hydroxylation is 1. The van der Waals surface area contributed by atoms with Gasteiger partial charge in [0.25, 0.3) is 0 Å². The third-order valence-electron chi connectivity index (χ3n) is 3.34.